The first-order chi connectivity index (χ1) is 11.2. The molecule has 0 aliphatic rings. The quantitative estimate of drug-likeness (QED) is 0.443. The van der Waals surface area contributed by atoms with E-state index >= 15 is 0 Å². The van der Waals surface area contributed by atoms with E-state index in [1.54, 1.807) is 12.1 Å². The fourth-order valence-electron chi connectivity index (χ4n) is 2.07. The molecule has 0 aliphatic heterocycles. The van der Waals surface area contributed by atoms with Gasteiger partial charge in [0.15, 0.2) is 5.78 Å². The lowest BCUT2D eigenvalue weighted by Gasteiger charge is -2.06. The molecule has 5 nitrogen and oxygen atoms in total. The van der Waals surface area contributed by atoms with Crippen LogP contribution in [-0.2, 0) is 0 Å². The van der Waals surface area contributed by atoms with Crippen molar-refractivity contribution in [2.75, 3.05) is 0 Å². The lowest BCUT2D eigenvalue weighted by atomic mass is 9.98. The highest BCUT2D eigenvalue weighted by molar-refractivity contribution is 5.98. The smallest absolute Gasteiger partial charge is 0.280 e. The molecule has 2 aromatic rings. The average molecular weight is 328 g/mol. The summed E-state index contributed by atoms with van der Waals surface area (Å²) in [5, 5.41) is 10.7. The number of hydrogen-bond donors (Lipinski definition) is 0. The molecule has 0 spiro atoms. The topological polar surface area (TPSA) is 73.1 Å². The molecule has 1 aromatic carbocycles. The first-order valence-electron chi connectivity index (χ1n) is 7.94. The van der Waals surface area contributed by atoms with Crippen LogP contribution in [0.1, 0.15) is 68.1 Å². The highest BCUT2D eigenvalue weighted by atomic mass is 16.6. The summed E-state index contributed by atoms with van der Waals surface area (Å²) in [4.78, 5) is 25.6. The Bertz CT molecular complexity index is 695. The summed E-state index contributed by atoms with van der Waals surface area (Å²) in [6.07, 6.45) is 1.83. The van der Waals surface area contributed by atoms with Crippen LogP contribution in [-0.4, -0.2) is 15.7 Å². The molecule has 0 atom stereocenters. The molecule has 0 fully saturated rings. The lowest BCUT2D eigenvalue weighted by Crippen LogP contribution is -2.02. The molecule has 128 valence electrons. The van der Waals surface area contributed by atoms with Gasteiger partial charge in [0.25, 0.3) is 5.69 Å². The van der Waals surface area contributed by atoms with Crippen LogP contribution in [0.25, 0.3) is 0 Å². The van der Waals surface area contributed by atoms with Gasteiger partial charge in [-0.3, -0.25) is 19.9 Å². The number of aromatic nitrogens is 1. The molecule has 24 heavy (non-hydrogen) atoms. The number of Topliss-reactive ketones (excluding diaryl/α,β-unsaturated/α-hetero) is 1. The van der Waals surface area contributed by atoms with E-state index in [9.17, 15) is 14.9 Å². The van der Waals surface area contributed by atoms with Crippen molar-refractivity contribution in [2.45, 2.75) is 46.5 Å². The fourth-order valence-corrected chi connectivity index (χ4v) is 2.07. The second-order valence-corrected chi connectivity index (χ2v) is 6.15. The van der Waals surface area contributed by atoms with Crippen molar-refractivity contribution in [2.24, 2.45) is 0 Å². The zero-order valence-corrected chi connectivity index (χ0v) is 14.8. The maximum atomic E-state index is 11.2. The highest BCUT2D eigenvalue weighted by Crippen LogP contribution is 2.24. The zero-order valence-electron chi connectivity index (χ0n) is 14.8. The van der Waals surface area contributed by atoms with Crippen LogP contribution in [0.15, 0.2) is 42.6 Å². The summed E-state index contributed by atoms with van der Waals surface area (Å²) in [6.45, 7) is 9.58. The van der Waals surface area contributed by atoms with E-state index in [1.807, 2.05) is 38.2 Å². The number of nitrogens with zero attached hydrogens (tertiary/aromatic N) is 2. The minimum absolute atomic E-state index is 0.119. The molecule has 0 unspecified atom stereocenters. The van der Waals surface area contributed by atoms with E-state index in [1.165, 1.54) is 13.0 Å². The Balaban J connectivity index is 0.000000272. The fraction of sp³-hybridized carbons (Fsp3) is 0.368. The van der Waals surface area contributed by atoms with Crippen molar-refractivity contribution >= 4 is 11.5 Å². The third-order valence-corrected chi connectivity index (χ3v) is 3.54. The lowest BCUT2D eigenvalue weighted by molar-refractivity contribution is -0.385. The van der Waals surface area contributed by atoms with E-state index in [0.29, 0.717) is 5.92 Å². The molecule has 2 rings (SSSR count). The van der Waals surface area contributed by atoms with Crippen molar-refractivity contribution in [3.63, 3.8) is 0 Å². The summed E-state index contributed by atoms with van der Waals surface area (Å²) in [5.41, 5.74) is 2.17. The number of rotatable bonds is 4. The van der Waals surface area contributed by atoms with E-state index in [4.69, 9.17) is 0 Å². The molecule has 0 radical (unpaired) electrons. The molecule has 0 amide bonds. The summed E-state index contributed by atoms with van der Waals surface area (Å²) >= 11 is 0. The number of pyridine rings is 1. The highest BCUT2D eigenvalue weighted by Gasteiger charge is 2.18. The molecule has 0 N–H and O–H groups in total. The number of ketones is 1. The number of nitro groups is 1. The number of nitro benzene ring substituents is 1. The van der Waals surface area contributed by atoms with Gasteiger partial charge in [0.1, 0.15) is 0 Å². The van der Waals surface area contributed by atoms with Crippen LogP contribution in [0.3, 0.4) is 0 Å². The van der Waals surface area contributed by atoms with Gasteiger partial charge in [0.05, 0.1) is 10.5 Å². The third-order valence-electron chi connectivity index (χ3n) is 3.54. The monoisotopic (exact) mass is 328 g/mol. The molecular weight excluding hydrogens is 304 g/mol. The van der Waals surface area contributed by atoms with Gasteiger partial charge in [0.2, 0.25) is 0 Å². The maximum absolute atomic E-state index is 11.2. The second kappa shape index (κ2) is 8.91. The van der Waals surface area contributed by atoms with E-state index < -0.39 is 4.92 Å². The van der Waals surface area contributed by atoms with Crippen LogP contribution in [0.2, 0.25) is 0 Å². The Morgan fingerprint density at radius 2 is 1.75 bits per heavy atom. The van der Waals surface area contributed by atoms with Gasteiger partial charge in [-0.05, 0) is 42.5 Å². The SMILES string of the molecule is CC(=O)c1cc(C(C)C)ccc1[N+](=O)[O-].CC(C)c1ccccn1. The standard InChI is InChI=1S/C11H13NO3.C8H11N/c1-7(2)9-4-5-11(12(14)15)10(6-9)8(3)13;1-7(2)8-5-3-4-6-9-8/h4-7H,1-3H3;3-7H,1-2H3. The first-order valence-corrected chi connectivity index (χ1v) is 7.94. The predicted octanol–water partition coefficient (Wildman–Crippen LogP) is 5.13. The van der Waals surface area contributed by atoms with Gasteiger partial charge in [-0.15, -0.1) is 0 Å². The largest absolute Gasteiger partial charge is 0.294 e. The van der Waals surface area contributed by atoms with Gasteiger partial charge in [-0.25, -0.2) is 0 Å². The molecule has 0 saturated carbocycles. The van der Waals surface area contributed by atoms with Gasteiger partial charge < -0.3 is 0 Å². The zero-order chi connectivity index (χ0) is 18.3. The van der Waals surface area contributed by atoms with Crippen LogP contribution in [0, 0.1) is 10.1 Å². The van der Waals surface area contributed by atoms with Crippen molar-refractivity contribution < 1.29 is 9.72 Å². The molecule has 5 heteroatoms. The number of carbonyl (C=O) groups is 1. The molecular formula is C19H24N2O3. The van der Waals surface area contributed by atoms with Gasteiger partial charge in [-0.2, -0.15) is 0 Å². The van der Waals surface area contributed by atoms with Crippen LogP contribution >= 0.6 is 0 Å². The minimum Gasteiger partial charge on any atom is -0.294 e. The molecule has 0 aliphatic carbocycles. The number of carbonyl (C=O) groups excluding carboxylic acids is 1. The second-order valence-electron chi connectivity index (χ2n) is 6.15. The maximum Gasteiger partial charge on any atom is 0.280 e. The van der Waals surface area contributed by atoms with Crippen molar-refractivity contribution in [1.82, 2.24) is 4.98 Å². The van der Waals surface area contributed by atoms with Crippen molar-refractivity contribution in [3.8, 4) is 0 Å². The van der Waals surface area contributed by atoms with Crippen LogP contribution in [0.5, 0.6) is 0 Å². The summed E-state index contributed by atoms with van der Waals surface area (Å²) < 4.78 is 0. The van der Waals surface area contributed by atoms with Crippen LogP contribution in [0.4, 0.5) is 5.69 Å². The Morgan fingerprint density at radius 1 is 1.08 bits per heavy atom. The van der Waals surface area contributed by atoms with Gasteiger partial charge in [0, 0.05) is 18.0 Å². The van der Waals surface area contributed by atoms with Gasteiger partial charge in [-0.1, -0.05) is 39.8 Å². The Hall–Kier alpha value is -2.56. The molecule has 0 bridgehead atoms. The molecule has 1 heterocycles. The summed E-state index contributed by atoms with van der Waals surface area (Å²) in [6, 6.07) is 10.7. The van der Waals surface area contributed by atoms with E-state index in [0.717, 1.165) is 11.3 Å². The molecule has 1 aromatic heterocycles. The van der Waals surface area contributed by atoms with E-state index in [2.05, 4.69) is 18.8 Å². The minimum atomic E-state index is -0.527. The molecule has 0 saturated heterocycles. The van der Waals surface area contributed by atoms with E-state index in [-0.39, 0.29) is 23.0 Å². The van der Waals surface area contributed by atoms with Gasteiger partial charge >= 0.3 is 0 Å². The van der Waals surface area contributed by atoms with Crippen molar-refractivity contribution in [1.29, 1.82) is 0 Å². The van der Waals surface area contributed by atoms with Crippen molar-refractivity contribution in [3.05, 3.63) is 69.5 Å². The number of hydrogen-bond acceptors (Lipinski definition) is 4. The normalized spacial score (nSPS) is 10.3. The number of benzene rings is 1. The summed E-state index contributed by atoms with van der Waals surface area (Å²) in [5.74, 6) is 0.527. The Morgan fingerprint density at radius 3 is 2.12 bits per heavy atom. The first kappa shape index (κ1) is 19.5. The van der Waals surface area contributed by atoms with Crippen LogP contribution < -0.4 is 0 Å². The average Bonchev–Trinajstić information content (AvgIpc) is 2.55. The summed E-state index contributed by atoms with van der Waals surface area (Å²) in [7, 11) is 0. The third kappa shape index (κ3) is 5.57. The Labute approximate surface area is 142 Å². The Kier molecular flexibility index (Phi) is 7.24. The predicted molar refractivity (Wildman–Crippen MR) is 95.5 cm³/mol.